The maximum absolute atomic E-state index is 12.0. The van der Waals surface area contributed by atoms with Crippen LogP contribution in [0.1, 0.15) is 32.3 Å². The number of rotatable bonds is 6. The summed E-state index contributed by atoms with van der Waals surface area (Å²) in [7, 11) is 0. The minimum absolute atomic E-state index is 0.0579. The van der Waals surface area contributed by atoms with Crippen molar-refractivity contribution in [2.45, 2.75) is 51.3 Å². The van der Waals surface area contributed by atoms with Crippen LogP contribution in [0.25, 0.3) is 0 Å². The molecule has 21 heavy (non-hydrogen) atoms. The van der Waals surface area contributed by atoms with Crippen LogP contribution >= 0.6 is 23.2 Å². The van der Waals surface area contributed by atoms with E-state index in [1.807, 2.05) is 6.92 Å². The number of nitrogens with one attached hydrogen (secondary N) is 1. The first-order chi connectivity index (χ1) is 9.86. The van der Waals surface area contributed by atoms with Gasteiger partial charge in [-0.15, -0.1) is 0 Å². The third kappa shape index (κ3) is 4.77. The SMILES string of the molecule is CC(N)Cc1cc(Cl)cc(Cl)c1OC(C)C(=O)NC1CC1. The molecule has 0 radical (unpaired) electrons. The first-order valence-corrected chi connectivity index (χ1v) is 7.83. The van der Waals surface area contributed by atoms with E-state index in [0.717, 1.165) is 18.4 Å². The van der Waals surface area contributed by atoms with Crippen molar-refractivity contribution in [2.24, 2.45) is 5.73 Å². The van der Waals surface area contributed by atoms with Gasteiger partial charge in [0, 0.05) is 17.1 Å². The van der Waals surface area contributed by atoms with Gasteiger partial charge in [-0.1, -0.05) is 23.2 Å². The predicted octanol–water partition coefficient (Wildman–Crippen LogP) is 2.93. The van der Waals surface area contributed by atoms with Crippen molar-refractivity contribution in [3.63, 3.8) is 0 Å². The summed E-state index contributed by atoms with van der Waals surface area (Å²) < 4.78 is 5.76. The molecule has 1 aliphatic rings. The summed E-state index contributed by atoms with van der Waals surface area (Å²) in [5, 5.41) is 3.83. The maximum atomic E-state index is 12.0. The van der Waals surface area contributed by atoms with Gasteiger partial charge >= 0.3 is 0 Å². The number of carbonyl (C=O) groups is 1. The van der Waals surface area contributed by atoms with Gasteiger partial charge in [-0.2, -0.15) is 0 Å². The Morgan fingerprint density at radius 3 is 2.67 bits per heavy atom. The van der Waals surface area contributed by atoms with Gasteiger partial charge in [0.2, 0.25) is 0 Å². The van der Waals surface area contributed by atoms with Crippen molar-refractivity contribution in [1.82, 2.24) is 5.32 Å². The Balaban J connectivity index is 2.14. The fourth-order valence-electron chi connectivity index (χ4n) is 2.02. The van der Waals surface area contributed by atoms with Crippen molar-refractivity contribution in [3.05, 3.63) is 27.7 Å². The topological polar surface area (TPSA) is 64.3 Å². The molecule has 6 heteroatoms. The Kier molecular flexibility index (Phi) is 5.36. The highest BCUT2D eigenvalue weighted by atomic mass is 35.5. The van der Waals surface area contributed by atoms with Gasteiger partial charge < -0.3 is 15.8 Å². The first-order valence-electron chi connectivity index (χ1n) is 7.07. The van der Waals surface area contributed by atoms with E-state index in [1.54, 1.807) is 19.1 Å². The Hall–Kier alpha value is -0.970. The molecule has 0 aromatic heterocycles. The summed E-state index contributed by atoms with van der Waals surface area (Å²) in [4.78, 5) is 12.0. The summed E-state index contributed by atoms with van der Waals surface area (Å²) in [6.45, 7) is 3.60. The number of hydrogen-bond donors (Lipinski definition) is 2. The standard InChI is InChI=1S/C15H20Cl2N2O2/c1-8(18)5-10-6-11(16)7-13(17)14(10)21-9(2)15(20)19-12-3-4-12/h6-9,12H,3-5,18H2,1-2H3,(H,19,20). The lowest BCUT2D eigenvalue weighted by Crippen LogP contribution is -2.37. The monoisotopic (exact) mass is 330 g/mol. The molecule has 0 bridgehead atoms. The number of benzene rings is 1. The van der Waals surface area contributed by atoms with Crippen LogP contribution in [-0.4, -0.2) is 24.1 Å². The molecule has 0 spiro atoms. The number of halogens is 2. The molecule has 1 aromatic carbocycles. The van der Waals surface area contributed by atoms with Crippen LogP contribution in [0, 0.1) is 0 Å². The second kappa shape index (κ2) is 6.86. The van der Waals surface area contributed by atoms with E-state index in [4.69, 9.17) is 33.7 Å². The van der Waals surface area contributed by atoms with Gasteiger partial charge in [-0.05, 0) is 50.8 Å². The molecular weight excluding hydrogens is 311 g/mol. The summed E-state index contributed by atoms with van der Waals surface area (Å²) in [6, 6.07) is 3.62. The van der Waals surface area contributed by atoms with Crippen molar-refractivity contribution >= 4 is 29.1 Å². The lowest BCUT2D eigenvalue weighted by atomic mass is 10.1. The number of hydrogen-bond acceptors (Lipinski definition) is 3. The lowest BCUT2D eigenvalue weighted by Gasteiger charge is -2.19. The fraction of sp³-hybridized carbons (Fsp3) is 0.533. The molecule has 0 saturated heterocycles. The van der Waals surface area contributed by atoms with Crippen LogP contribution in [0.2, 0.25) is 10.0 Å². The minimum Gasteiger partial charge on any atom is -0.479 e. The van der Waals surface area contributed by atoms with Crippen molar-refractivity contribution in [3.8, 4) is 5.75 Å². The first kappa shape index (κ1) is 16.4. The van der Waals surface area contributed by atoms with Gasteiger partial charge in [0.1, 0.15) is 5.75 Å². The maximum Gasteiger partial charge on any atom is 0.260 e. The molecule has 1 saturated carbocycles. The van der Waals surface area contributed by atoms with E-state index >= 15 is 0 Å². The Morgan fingerprint density at radius 1 is 1.43 bits per heavy atom. The van der Waals surface area contributed by atoms with Crippen LogP contribution in [0.4, 0.5) is 0 Å². The van der Waals surface area contributed by atoms with Crippen LogP contribution < -0.4 is 15.8 Å². The minimum atomic E-state index is -0.615. The summed E-state index contributed by atoms with van der Waals surface area (Å²) in [6.07, 6.45) is 2.04. The molecular formula is C15H20Cl2N2O2. The van der Waals surface area contributed by atoms with Crippen LogP contribution in [-0.2, 0) is 11.2 Å². The van der Waals surface area contributed by atoms with Crippen LogP contribution in [0.15, 0.2) is 12.1 Å². The molecule has 2 atom stereocenters. The third-order valence-corrected chi connectivity index (χ3v) is 3.71. The molecule has 1 aromatic rings. The second-order valence-corrected chi connectivity index (χ2v) is 6.44. The smallest absolute Gasteiger partial charge is 0.260 e. The number of amides is 1. The van der Waals surface area contributed by atoms with Crippen LogP contribution in [0.5, 0.6) is 5.75 Å². The number of carbonyl (C=O) groups excluding carboxylic acids is 1. The van der Waals surface area contributed by atoms with Gasteiger partial charge in [0.25, 0.3) is 5.91 Å². The Labute approximate surface area is 134 Å². The highest BCUT2D eigenvalue weighted by Gasteiger charge is 2.27. The average molecular weight is 331 g/mol. The summed E-state index contributed by atoms with van der Waals surface area (Å²) in [5.74, 6) is 0.354. The zero-order valence-electron chi connectivity index (χ0n) is 12.2. The van der Waals surface area contributed by atoms with Crippen molar-refractivity contribution in [2.75, 3.05) is 0 Å². The molecule has 3 N–H and O–H groups in total. The third-order valence-electron chi connectivity index (χ3n) is 3.21. The van der Waals surface area contributed by atoms with Crippen molar-refractivity contribution < 1.29 is 9.53 Å². The molecule has 1 fully saturated rings. The fourth-order valence-corrected chi connectivity index (χ4v) is 2.60. The highest BCUT2D eigenvalue weighted by molar-refractivity contribution is 6.35. The molecule has 1 aliphatic carbocycles. The van der Waals surface area contributed by atoms with Gasteiger partial charge in [-0.25, -0.2) is 0 Å². The Morgan fingerprint density at radius 2 is 2.10 bits per heavy atom. The summed E-state index contributed by atoms with van der Waals surface area (Å²) in [5.41, 5.74) is 6.65. The molecule has 2 unspecified atom stereocenters. The molecule has 2 rings (SSSR count). The highest BCUT2D eigenvalue weighted by Crippen LogP contribution is 2.34. The van der Waals surface area contributed by atoms with Gasteiger partial charge in [0.15, 0.2) is 6.10 Å². The largest absolute Gasteiger partial charge is 0.479 e. The number of ether oxygens (including phenoxy) is 1. The Bertz CT molecular complexity index is 531. The van der Waals surface area contributed by atoms with Gasteiger partial charge in [-0.3, -0.25) is 4.79 Å². The van der Waals surface area contributed by atoms with Gasteiger partial charge in [0.05, 0.1) is 5.02 Å². The normalized spacial score (nSPS) is 17.2. The lowest BCUT2D eigenvalue weighted by molar-refractivity contribution is -0.127. The zero-order valence-corrected chi connectivity index (χ0v) is 13.7. The van der Waals surface area contributed by atoms with E-state index in [0.29, 0.717) is 28.3 Å². The van der Waals surface area contributed by atoms with Crippen molar-refractivity contribution in [1.29, 1.82) is 0 Å². The molecule has 1 amide bonds. The molecule has 4 nitrogen and oxygen atoms in total. The van der Waals surface area contributed by atoms with Crippen LogP contribution in [0.3, 0.4) is 0 Å². The average Bonchev–Trinajstić information content (AvgIpc) is 3.16. The van der Waals surface area contributed by atoms with E-state index in [1.165, 1.54) is 0 Å². The van der Waals surface area contributed by atoms with E-state index < -0.39 is 6.10 Å². The van der Waals surface area contributed by atoms with E-state index in [2.05, 4.69) is 5.32 Å². The second-order valence-electron chi connectivity index (χ2n) is 5.60. The number of nitrogens with two attached hydrogens (primary N) is 1. The zero-order chi connectivity index (χ0) is 15.6. The predicted molar refractivity (Wildman–Crippen MR) is 85.1 cm³/mol. The summed E-state index contributed by atoms with van der Waals surface area (Å²) >= 11 is 12.2. The molecule has 0 aliphatic heterocycles. The van der Waals surface area contributed by atoms with E-state index in [9.17, 15) is 4.79 Å². The quantitative estimate of drug-likeness (QED) is 0.842. The van der Waals surface area contributed by atoms with E-state index in [-0.39, 0.29) is 11.9 Å². The molecule has 116 valence electrons. The molecule has 0 heterocycles.